The fraction of sp³-hybridized carbons (Fsp3) is 0.583. The van der Waals surface area contributed by atoms with Gasteiger partial charge in [-0.2, -0.15) is 0 Å². The number of aromatic nitrogens is 2. The summed E-state index contributed by atoms with van der Waals surface area (Å²) in [5.41, 5.74) is 0.338. The van der Waals surface area contributed by atoms with Crippen LogP contribution >= 0.6 is 0 Å². The minimum Gasteiger partial charge on any atom is -0.368 e. The number of anilines is 1. The summed E-state index contributed by atoms with van der Waals surface area (Å²) >= 11 is 0. The summed E-state index contributed by atoms with van der Waals surface area (Å²) < 4.78 is 0. The summed E-state index contributed by atoms with van der Waals surface area (Å²) in [7, 11) is 1.58. The monoisotopic (exact) mass is 249 g/mol. The van der Waals surface area contributed by atoms with E-state index in [4.69, 9.17) is 0 Å². The first-order valence-electron chi connectivity index (χ1n) is 6.30. The van der Waals surface area contributed by atoms with Gasteiger partial charge in [0, 0.05) is 13.6 Å². The van der Waals surface area contributed by atoms with Crippen LogP contribution < -0.4 is 16.0 Å². The van der Waals surface area contributed by atoms with Crippen molar-refractivity contribution in [1.82, 2.24) is 20.8 Å². The highest BCUT2D eigenvalue weighted by Gasteiger charge is 2.13. The molecule has 1 saturated heterocycles. The van der Waals surface area contributed by atoms with Crippen LogP contribution in [-0.2, 0) is 0 Å². The Morgan fingerprint density at radius 2 is 2.17 bits per heavy atom. The Bertz CT molecular complexity index is 386. The molecule has 1 aromatic heterocycles. The molecule has 6 nitrogen and oxygen atoms in total. The molecule has 18 heavy (non-hydrogen) atoms. The summed E-state index contributed by atoms with van der Waals surface area (Å²) in [4.78, 5) is 11.3. The Hall–Kier alpha value is -1.69. The molecule has 1 aliphatic rings. The van der Waals surface area contributed by atoms with Crippen molar-refractivity contribution >= 4 is 11.7 Å². The Labute approximate surface area is 107 Å². The van der Waals surface area contributed by atoms with E-state index in [-0.39, 0.29) is 5.91 Å². The highest BCUT2D eigenvalue weighted by atomic mass is 16.1. The largest absolute Gasteiger partial charge is 0.368 e. The third-order valence-corrected chi connectivity index (χ3v) is 3.15. The van der Waals surface area contributed by atoms with Crippen molar-refractivity contribution in [1.29, 1.82) is 0 Å². The average Bonchev–Trinajstić information content (AvgIpc) is 2.46. The van der Waals surface area contributed by atoms with Crippen LogP contribution in [-0.4, -0.2) is 42.8 Å². The summed E-state index contributed by atoms with van der Waals surface area (Å²) in [6.45, 7) is 3.09. The normalized spacial score (nSPS) is 16.3. The molecule has 1 fully saturated rings. The minimum absolute atomic E-state index is 0.215. The Balaban J connectivity index is 1.84. The Morgan fingerprint density at radius 1 is 1.39 bits per heavy atom. The molecule has 0 aromatic carbocycles. The summed E-state index contributed by atoms with van der Waals surface area (Å²) in [5.74, 6) is 1.19. The smallest absolute Gasteiger partial charge is 0.271 e. The van der Waals surface area contributed by atoms with Crippen LogP contribution in [0.1, 0.15) is 23.3 Å². The third kappa shape index (κ3) is 3.40. The van der Waals surface area contributed by atoms with E-state index >= 15 is 0 Å². The fourth-order valence-corrected chi connectivity index (χ4v) is 2.01. The summed E-state index contributed by atoms with van der Waals surface area (Å²) in [6, 6.07) is 3.47. The number of rotatable bonds is 4. The van der Waals surface area contributed by atoms with E-state index in [1.54, 1.807) is 19.2 Å². The van der Waals surface area contributed by atoms with Gasteiger partial charge in [0.05, 0.1) is 0 Å². The Morgan fingerprint density at radius 3 is 2.78 bits per heavy atom. The van der Waals surface area contributed by atoms with Crippen molar-refractivity contribution in [3.63, 3.8) is 0 Å². The minimum atomic E-state index is -0.215. The highest BCUT2D eigenvalue weighted by Crippen LogP contribution is 2.12. The average molecular weight is 249 g/mol. The third-order valence-electron chi connectivity index (χ3n) is 3.15. The van der Waals surface area contributed by atoms with E-state index in [0.29, 0.717) is 11.6 Å². The molecule has 1 amide bonds. The summed E-state index contributed by atoms with van der Waals surface area (Å²) in [6.07, 6.45) is 2.38. The second kappa shape index (κ2) is 6.30. The van der Waals surface area contributed by atoms with Crippen LogP contribution in [0.2, 0.25) is 0 Å². The van der Waals surface area contributed by atoms with Crippen molar-refractivity contribution in [3.8, 4) is 0 Å². The van der Waals surface area contributed by atoms with Gasteiger partial charge in [0.25, 0.3) is 5.91 Å². The van der Waals surface area contributed by atoms with E-state index in [9.17, 15) is 4.79 Å². The first-order valence-corrected chi connectivity index (χ1v) is 6.30. The molecule has 6 heteroatoms. The number of piperidine rings is 1. The van der Waals surface area contributed by atoms with Gasteiger partial charge in [-0.25, -0.2) is 0 Å². The van der Waals surface area contributed by atoms with Gasteiger partial charge in [0.2, 0.25) is 0 Å². The lowest BCUT2D eigenvalue weighted by molar-refractivity contribution is 0.0957. The van der Waals surface area contributed by atoms with Gasteiger partial charge in [-0.15, -0.1) is 10.2 Å². The van der Waals surface area contributed by atoms with Gasteiger partial charge in [-0.05, 0) is 44.0 Å². The zero-order valence-corrected chi connectivity index (χ0v) is 10.6. The molecule has 3 N–H and O–H groups in total. The van der Waals surface area contributed by atoms with E-state index in [1.165, 1.54) is 12.8 Å². The number of nitrogens with zero attached hydrogens (tertiary/aromatic N) is 2. The number of carbonyl (C=O) groups excluding carboxylic acids is 1. The molecule has 0 aliphatic carbocycles. The molecule has 1 aromatic rings. The van der Waals surface area contributed by atoms with Crippen molar-refractivity contribution in [2.24, 2.45) is 5.92 Å². The number of hydrogen-bond acceptors (Lipinski definition) is 5. The molecule has 2 rings (SSSR count). The van der Waals surface area contributed by atoms with Crippen LogP contribution in [0, 0.1) is 5.92 Å². The molecule has 0 saturated carbocycles. The molecule has 0 spiro atoms. The SMILES string of the molecule is CNC(=O)c1ccc(NCC2CCNCC2)nn1. The molecule has 0 radical (unpaired) electrons. The lowest BCUT2D eigenvalue weighted by Gasteiger charge is -2.22. The van der Waals surface area contributed by atoms with Crippen molar-refractivity contribution < 1.29 is 4.79 Å². The lowest BCUT2D eigenvalue weighted by atomic mass is 9.98. The van der Waals surface area contributed by atoms with Gasteiger partial charge in [-0.1, -0.05) is 0 Å². The second-order valence-corrected chi connectivity index (χ2v) is 4.46. The molecule has 98 valence electrons. The lowest BCUT2D eigenvalue weighted by Crippen LogP contribution is -2.31. The van der Waals surface area contributed by atoms with Crippen LogP contribution in [0.25, 0.3) is 0 Å². The number of carbonyl (C=O) groups is 1. The first kappa shape index (κ1) is 12.8. The van der Waals surface area contributed by atoms with Crippen molar-refractivity contribution in [2.75, 3.05) is 32.0 Å². The van der Waals surface area contributed by atoms with Gasteiger partial charge >= 0.3 is 0 Å². The topological polar surface area (TPSA) is 78.9 Å². The molecule has 2 heterocycles. The van der Waals surface area contributed by atoms with Crippen LogP contribution in [0.4, 0.5) is 5.82 Å². The Kier molecular flexibility index (Phi) is 4.46. The van der Waals surface area contributed by atoms with Gasteiger partial charge < -0.3 is 16.0 Å². The molecular weight excluding hydrogens is 230 g/mol. The molecule has 0 unspecified atom stereocenters. The zero-order chi connectivity index (χ0) is 12.8. The van der Waals surface area contributed by atoms with Gasteiger partial charge in [0.15, 0.2) is 5.69 Å². The molecular formula is C12H19N5O. The van der Waals surface area contributed by atoms with Crippen LogP contribution in [0.3, 0.4) is 0 Å². The van der Waals surface area contributed by atoms with Gasteiger partial charge in [-0.3, -0.25) is 4.79 Å². The van der Waals surface area contributed by atoms with E-state index in [1.807, 2.05) is 0 Å². The molecule has 1 aliphatic heterocycles. The highest BCUT2D eigenvalue weighted by molar-refractivity contribution is 5.91. The van der Waals surface area contributed by atoms with E-state index < -0.39 is 0 Å². The first-order chi connectivity index (χ1) is 8.79. The van der Waals surface area contributed by atoms with Crippen LogP contribution in [0.5, 0.6) is 0 Å². The number of nitrogens with one attached hydrogen (secondary N) is 3. The maximum absolute atomic E-state index is 11.3. The quantitative estimate of drug-likeness (QED) is 0.713. The fourth-order valence-electron chi connectivity index (χ4n) is 2.01. The predicted octanol–water partition coefficient (Wildman–Crippen LogP) is 0.248. The maximum atomic E-state index is 11.3. The molecule has 0 atom stereocenters. The standard InChI is InChI=1S/C12H19N5O/c1-13-12(18)10-2-3-11(17-16-10)15-8-9-4-6-14-7-5-9/h2-3,9,14H,4-8H2,1H3,(H,13,18)(H,15,17). The molecule has 0 bridgehead atoms. The second-order valence-electron chi connectivity index (χ2n) is 4.46. The predicted molar refractivity (Wildman–Crippen MR) is 69.5 cm³/mol. The number of hydrogen-bond donors (Lipinski definition) is 3. The van der Waals surface area contributed by atoms with Crippen molar-refractivity contribution in [3.05, 3.63) is 17.8 Å². The maximum Gasteiger partial charge on any atom is 0.271 e. The van der Waals surface area contributed by atoms with Crippen LogP contribution in [0.15, 0.2) is 12.1 Å². The van der Waals surface area contributed by atoms with E-state index in [0.717, 1.165) is 25.5 Å². The van der Waals surface area contributed by atoms with E-state index in [2.05, 4.69) is 26.1 Å². The number of amides is 1. The van der Waals surface area contributed by atoms with Gasteiger partial charge in [0.1, 0.15) is 5.82 Å². The zero-order valence-electron chi connectivity index (χ0n) is 10.6. The summed E-state index contributed by atoms with van der Waals surface area (Å²) in [5, 5.41) is 17.0. The van der Waals surface area contributed by atoms with Crippen molar-refractivity contribution in [2.45, 2.75) is 12.8 Å².